The van der Waals surface area contributed by atoms with Crippen molar-refractivity contribution in [2.45, 2.75) is 6.10 Å². The van der Waals surface area contributed by atoms with E-state index in [9.17, 15) is 0 Å². The van der Waals surface area contributed by atoms with Crippen molar-refractivity contribution in [1.82, 2.24) is 15.4 Å². The van der Waals surface area contributed by atoms with Crippen LogP contribution in [0.25, 0.3) is 0 Å². The molecule has 0 fully saturated rings. The van der Waals surface area contributed by atoms with Gasteiger partial charge in [0.25, 0.3) is 0 Å². The van der Waals surface area contributed by atoms with Gasteiger partial charge in [-0.15, -0.1) is 6.42 Å². The summed E-state index contributed by atoms with van der Waals surface area (Å²) in [7, 11) is 0. The van der Waals surface area contributed by atoms with E-state index in [2.05, 4.69) is 21.4 Å². The fourth-order valence-corrected chi connectivity index (χ4v) is 1.89. The van der Waals surface area contributed by atoms with Gasteiger partial charge in [-0.25, -0.2) is 15.4 Å². The molecule has 2 heterocycles. The molecule has 0 radical (unpaired) electrons. The highest BCUT2D eigenvalue weighted by molar-refractivity contribution is 5.31. The lowest BCUT2D eigenvalue weighted by molar-refractivity contribution is 0.0272. The van der Waals surface area contributed by atoms with Crippen molar-refractivity contribution < 1.29 is 14.3 Å². The molecule has 1 aromatic heterocycles. The Morgan fingerprint density at radius 2 is 1.95 bits per heavy atom. The van der Waals surface area contributed by atoms with Gasteiger partial charge in [0.1, 0.15) is 24.8 Å². The second-order valence-corrected chi connectivity index (χ2v) is 4.41. The summed E-state index contributed by atoms with van der Waals surface area (Å²) in [5.74, 6) is 4.16. The van der Waals surface area contributed by atoms with Crippen molar-refractivity contribution in [3.05, 3.63) is 60.5 Å². The Kier molecular flexibility index (Phi) is 4.18. The molecule has 0 bridgehead atoms. The molecular formula is C16H13N3O3. The molecule has 0 saturated carbocycles. The predicted molar refractivity (Wildman–Crippen MR) is 78.5 cm³/mol. The monoisotopic (exact) mass is 295 g/mol. The second kappa shape index (κ2) is 6.61. The fraction of sp³-hybridized carbons (Fsp3) is 0.125. The third kappa shape index (κ3) is 3.34. The second-order valence-electron chi connectivity index (χ2n) is 4.41. The summed E-state index contributed by atoms with van der Waals surface area (Å²) >= 11 is 0. The van der Waals surface area contributed by atoms with E-state index in [1.165, 1.54) is 6.33 Å². The molecule has 0 aliphatic carbocycles. The molecule has 0 unspecified atom stereocenters. The minimum Gasteiger partial charge on any atom is -0.481 e. The SMILES string of the molecule is C#CCOc1ccc([C@@H]2C=C(Oc3cncnc3)NO2)cc1. The number of hydroxylamine groups is 1. The summed E-state index contributed by atoms with van der Waals surface area (Å²) < 4.78 is 10.9. The molecule has 22 heavy (non-hydrogen) atoms. The molecule has 110 valence electrons. The van der Waals surface area contributed by atoms with Crippen LogP contribution in [0.4, 0.5) is 0 Å². The van der Waals surface area contributed by atoms with Crippen molar-refractivity contribution in [3.63, 3.8) is 0 Å². The first-order valence-corrected chi connectivity index (χ1v) is 6.58. The van der Waals surface area contributed by atoms with Crippen molar-refractivity contribution >= 4 is 0 Å². The van der Waals surface area contributed by atoms with Crippen LogP contribution in [0.3, 0.4) is 0 Å². The predicted octanol–water partition coefficient (Wildman–Crippen LogP) is 1.98. The standard InChI is InChI=1S/C16H13N3O3/c1-2-7-20-13-5-3-12(4-6-13)15-8-16(19-22-15)21-14-9-17-11-18-10-14/h1,3-6,8-11,15,19H,7H2/t15-/m0/s1. The van der Waals surface area contributed by atoms with Crippen LogP contribution >= 0.6 is 0 Å². The van der Waals surface area contributed by atoms with Crippen LogP contribution in [0.15, 0.2) is 54.9 Å². The lowest BCUT2D eigenvalue weighted by Gasteiger charge is -2.08. The Balaban J connectivity index is 1.65. The number of ether oxygens (including phenoxy) is 2. The van der Waals surface area contributed by atoms with Gasteiger partial charge in [-0.2, -0.15) is 0 Å². The quantitative estimate of drug-likeness (QED) is 0.851. The first-order valence-electron chi connectivity index (χ1n) is 6.58. The highest BCUT2D eigenvalue weighted by Crippen LogP contribution is 2.26. The molecule has 1 N–H and O–H groups in total. The summed E-state index contributed by atoms with van der Waals surface area (Å²) in [5, 5.41) is 0. The van der Waals surface area contributed by atoms with Crippen LogP contribution in [0, 0.1) is 12.3 Å². The Morgan fingerprint density at radius 1 is 1.18 bits per heavy atom. The van der Waals surface area contributed by atoms with Gasteiger partial charge in [0.15, 0.2) is 5.75 Å². The summed E-state index contributed by atoms with van der Waals surface area (Å²) in [6.45, 7) is 0.248. The molecule has 1 atom stereocenters. The van der Waals surface area contributed by atoms with E-state index < -0.39 is 0 Å². The van der Waals surface area contributed by atoms with Crippen molar-refractivity contribution in [2.75, 3.05) is 6.61 Å². The van der Waals surface area contributed by atoms with Crippen LogP contribution in [-0.2, 0) is 4.84 Å². The molecular weight excluding hydrogens is 282 g/mol. The number of terminal acetylenes is 1. The fourth-order valence-electron chi connectivity index (χ4n) is 1.89. The van der Waals surface area contributed by atoms with E-state index in [4.69, 9.17) is 20.7 Å². The lowest BCUT2D eigenvalue weighted by atomic mass is 10.1. The molecule has 1 aromatic carbocycles. The number of aromatic nitrogens is 2. The molecule has 3 rings (SSSR count). The molecule has 2 aromatic rings. The molecule has 1 aliphatic rings. The highest BCUT2D eigenvalue weighted by atomic mass is 16.7. The number of hydrogen-bond acceptors (Lipinski definition) is 6. The maximum Gasteiger partial charge on any atom is 0.216 e. The van der Waals surface area contributed by atoms with Gasteiger partial charge in [-0.05, 0) is 17.7 Å². The van der Waals surface area contributed by atoms with E-state index >= 15 is 0 Å². The number of hydrogen-bond donors (Lipinski definition) is 1. The van der Waals surface area contributed by atoms with E-state index in [1.807, 2.05) is 30.3 Å². The first-order chi connectivity index (χ1) is 10.8. The first kappa shape index (κ1) is 13.9. The third-order valence-electron chi connectivity index (χ3n) is 2.88. The van der Waals surface area contributed by atoms with Gasteiger partial charge in [-0.3, -0.25) is 4.84 Å². The Bertz CT molecular complexity index is 693. The topological polar surface area (TPSA) is 65.5 Å². The molecule has 1 aliphatic heterocycles. The Labute approximate surface area is 127 Å². The minimum atomic E-state index is -0.249. The van der Waals surface area contributed by atoms with Crippen molar-refractivity contribution in [1.29, 1.82) is 0 Å². The summed E-state index contributed by atoms with van der Waals surface area (Å²) in [4.78, 5) is 13.2. The zero-order valence-electron chi connectivity index (χ0n) is 11.6. The number of rotatable bonds is 5. The zero-order valence-corrected chi connectivity index (χ0v) is 11.6. The van der Waals surface area contributed by atoms with Crippen LogP contribution in [0.2, 0.25) is 0 Å². The smallest absolute Gasteiger partial charge is 0.216 e. The molecule has 0 spiro atoms. The number of benzene rings is 1. The zero-order chi connectivity index (χ0) is 15.2. The van der Waals surface area contributed by atoms with Crippen LogP contribution in [0.5, 0.6) is 11.5 Å². The number of nitrogens with one attached hydrogen (secondary N) is 1. The van der Waals surface area contributed by atoms with Gasteiger partial charge in [-0.1, -0.05) is 18.1 Å². The van der Waals surface area contributed by atoms with E-state index in [-0.39, 0.29) is 12.7 Å². The van der Waals surface area contributed by atoms with Crippen LogP contribution in [-0.4, -0.2) is 16.6 Å². The summed E-state index contributed by atoms with van der Waals surface area (Å²) in [6, 6.07) is 7.49. The van der Waals surface area contributed by atoms with Gasteiger partial charge < -0.3 is 9.47 Å². The molecule has 6 nitrogen and oxygen atoms in total. The van der Waals surface area contributed by atoms with E-state index in [1.54, 1.807) is 12.4 Å². The Hall–Kier alpha value is -3.04. The van der Waals surface area contributed by atoms with Gasteiger partial charge in [0.05, 0.1) is 12.4 Å². The lowest BCUT2D eigenvalue weighted by Crippen LogP contribution is -2.12. The average molecular weight is 295 g/mol. The van der Waals surface area contributed by atoms with E-state index in [0.29, 0.717) is 11.6 Å². The maximum absolute atomic E-state index is 5.56. The van der Waals surface area contributed by atoms with Crippen molar-refractivity contribution in [3.8, 4) is 23.8 Å². The van der Waals surface area contributed by atoms with Gasteiger partial charge >= 0.3 is 0 Å². The minimum absolute atomic E-state index is 0.248. The largest absolute Gasteiger partial charge is 0.481 e. The summed E-state index contributed by atoms with van der Waals surface area (Å²) in [6.07, 6.45) is 11.3. The number of nitrogens with zero attached hydrogens (tertiary/aromatic N) is 2. The Morgan fingerprint density at radius 3 is 2.68 bits per heavy atom. The average Bonchev–Trinajstić information content (AvgIpc) is 3.03. The van der Waals surface area contributed by atoms with Crippen LogP contribution in [0.1, 0.15) is 11.7 Å². The normalized spacial score (nSPS) is 16.3. The maximum atomic E-state index is 5.56. The summed E-state index contributed by atoms with van der Waals surface area (Å²) in [5.41, 5.74) is 3.69. The molecule has 6 heteroatoms. The van der Waals surface area contributed by atoms with Crippen LogP contribution < -0.4 is 15.0 Å². The molecule has 0 saturated heterocycles. The van der Waals surface area contributed by atoms with Gasteiger partial charge in [0.2, 0.25) is 5.88 Å². The molecule has 0 amide bonds. The third-order valence-corrected chi connectivity index (χ3v) is 2.88. The van der Waals surface area contributed by atoms with Gasteiger partial charge in [0, 0.05) is 6.08 Å². The van der Waals surface area contributed by atoms with E-state index in [0.717, 1.165) is 11.3 Å². The van der Waals surface area contributed by atoms with Crippen molar-refractivity contribution in [2.24, 2.45) is 0 Å². The highest BCUT2D eigenvalue weighted by Gasteiger charge is 2.20.